The molecule has 1 aromatic rings. The van der Waals surface area contributed by atoms with Gasteiger partial charge in [-0.2, -0.15) is 0 Å². The average Bonchev–Trinajstić information content (AvgIpc) is 2.49. The Bertz CT molecular complexity index is 339. The van der Waals surface area contributed by atoms with Crippen molar-refractivity contribution >= 4 is 5.97 Å². The molecule has 4 nitrogen and oxygen atoms in total. The van der Waals surface area contributed by atoms with E-state index in [9.17, 15) is 4.79 Å². The van der Waals surface area contributed by atoms with Crippen LogP contribution in [-0.4, -0.2) is 15.6 Å². The van der Waals surface area contributed by atoms with Crippen molar-refractivity contribution in [1.29, 1.82) is 0 Å². The Morgan fingerprint density at radius 2 is 2.29 bits per heavy atom. The van der Waals surface area contributed by atoms with Crippen LogP contribution in [0, 0.1) is 0 Å². The lowest BCUT2D eigenvalue weighted by atomic mass is 10.5. The lowest BCUT2D eigenvalue weighted by Crippen LogP contribution is -2.38. The molecule has 0 unspecified atom stereocenters. The number of imidazole rings is 1. The molecule has 1 rings (SSSR count). The number of aromatic carboxylic acids is 1. The number of rotatable bonds is 5. The summed E-state index contributed by atoms with van der Waals surface area (Å²) in [6, 6.07) is 0. The van der Waals surface area contributed by atoms with Crippen molar-refractivity contribution < 1.29 is 14.5 Å². The number of hydrogen-bond donors (Lipinski definition) is 1. The van der Waals surface area contributed by atoms with E-state index in [1.807, 2.05) is 0 Å². The van der Waals surface area contributed by atoms with Gasteiger partial charge >= 0.3 is 11.8 Å². The van der Waals surface area contributed by atoms with Crippen molar-refractivity contribution in [2.75, 3.05) is 0 Å². The zero-order valence-electron chi connectivity index (χ0n) is 7.89. The summed E-state index contributed by atoms with van der Waals surface area (Å²) in [5.41, 5.74) is 0. The third-order valence-electron chi connectivity index (χ3n) is 1.81. The van der Waals surface area contributed by atoms with Gasteiger partial charge in [-0.1, -0.05) is 25.3 Å². The standard InChI is InChI=1S/C10H12N2O2/c1-3-5-11-7-8-12(6-4-2)9(11)10(13)14/h3-4,7-8H,1-2,5-6H2/p+1. The van der Waals surface area contributed by atoms with Gasteiger partial charge in [-0.25, -0.2) is 13.9 Å². The Hall–Kier alpha value is -1.84. The van der Waals surface area contributed by atoms with E-state index in [0.29, 0.717) is 13.1 Å². The molecule has 0 fully saturated rings. The van der Waals surface area contributed by atoms with E-state index in [1.165, 1.54) is 0 Å². The molecular formula is C10H13N2O2+. The zero-order chi connectivity index (χ0) is 10.6. The molecule has 0 saturated heterocycles. The first-order valence-electron chi connectivity index (χ1n) is 4.24. The molecule has 0 amide bonds. The molecule has 1 aromatic heterocycles. The van der Waals surface area contributed by atoms with Gasteiger partial charge in [0.25, 0.3) is 0 Å². The topological polar surface area (TPSA) is 46.1 Å². The summed E-state index contributed by atoms with van der Waals surface area (Å²) in [6.07, 6.45) is 6.75. The van der Waals surface area contributed by atoms with Crippen LogP contribution in [0.15, 0.2) is 37.7 Å². The molecule has 74 valence electrons. The summed E-state index contributed by atoms with van der Waals surface area (Å²) < 4.78 is 3.25. The van der Waals surface area contributed by atoms with E-state index in [0.717, 1.165) is 0 Å². The van der Waals surface area contributed by atoms with E-state index in [-0.39, 0.29) is 5.82 Å². The molecule has 0 aromatic carbocycles. The summed E-state index contributed by atoms with van der Waals surface area (Å²) in [5.74, 6) is -0.705. The second-order valence-electron chi connectivity index (χ2n) is 2.81. The highest BCUT2D eigenvalue weighted by Gasteiger charge is 2.22. The van der Waals surface area contributed by atoms with Crippen molar-refractivity contribution in [3.8, 4) is 0 Å². The second kappa shape index (κ2) is 4.41. The highest BCUT2D eigenvalue weighted by Crippen LogP contribution is 1.96. The average molecular weight is 193 g/mol. The van der Waals surface area contributed by atoms with E-state index in [2.05, 4.69) is 13.2 Å². The largest absolute Gasteiger partial charge is 0.472 e. The van der Waals surface area contributed by atoms with Crippen LogP contribution >= 0.6 is 0 Å². The Morgan fingerprint density at radius 3 is 2.79 bits per heavy atom. The molecule has 0 aliphatic carbocycles. The van der Waals surface area contributed by atoms with Crippen LogP contribution in [-0.2, 0) is 13.1 Å². The smallest absolute Gasteiger partial charge is 0.419 e. The maximum Gasteiger partial charge on any atom is 0.419 e. The molecule has 0 atom stereocenters. The van der Waals surface area contributed by atoms with E-state index < -0.39 is 5.97 Å². The molecule has 0 aliphatic heterocycles. The first kappa shape index (κ1) is 10.2. The quantitative estimate of drug-likeness (QED) is 0.556. The highest BCUT2D eigenvalue weighted by atomic mass is 16.4. The van der Waals surface area contributed by atoms with Crippen LogP contribution in [0.5, 0.6) is 0 Å². The SMILES string of the molecule is C=CCn1cc[n+](CC=C)c1C(=O)O. The van der Waals surface area contributed by atoms with Crippen molar-refractivity contribution in [3.05, 3.63) is 43.5 Å². The van der Waals surface area contributed by atoms with Gasteiger partial charge in [0.15, 0.2) is 0 Å². The fourth-order valence-electron chi connectivity index (χ4n) is 1.29. The van der Waals surface area contributed by atoms with Crippen molar-refractivity contribution in [2.45, 2.75) is 13.1 Å². The minimum atomic E-state index is -0.946. The van der Waals surface area contributed by atoms with Gasteiger partial charge in [-0.05, 0) is 0 Å². The van der Waals surface area contributed by atoms with E-state index in [1.54, 1.807) is 33.7 Å². The first-order chi connectivity index (χ1) is 6.70. The van der Waals surface area contributed by atoms with Crippen LogP contribution in [0.2, 0.25) is 0 Å². The molecule has 1 heterocycles. The number of carboxylic acid groups (broad SMARTS) is 1. The van der Waals surface area contributed by atoms with Crippen molar-refractivity contribution in [2.24, 2.45) is 0 Å². The summed E-state index contributed by atoms with van der Waals surface area (Å²) >= 11 is 0. The van der Waals surface area contributed by atoms with Gasteiger partial charge < -0.3 is 5.11 Å². The van der Waals surface area contributed by atoms with Gasteiger partial charge in [-0.3, -0.25) is 0 Å². The third-order valence-corrected chi connectivity index (χ3v) is 1.81. The summed E-state index contributed by atoms with van der Waals surface area (Å²) in [4.78, 5) is 10.9. The van der Waals surface area contributed by atoms with E-state index >= 15 is 0 Å². The van der Waals surface area contributed by atoms with Crippen LogP contribution in [0.4, 0.5) is 0 Å². The van der Waals surface area contributed by atoms with Crippen LogP contribution in [0.3, 0.4) is 0 Å². The maximum atomic E-state index is 10.9. The van der Waals surface area contributed by atoms with Crippen molar-refractivity contribution in [1.82, 2.24) is 4.57 Å². The fraction of sp³-hybridized carbons (Fsp3) is 0.200. The Morgan fingerprint density at radius 1 is 1.57 bits per heavy atom. The van der Waals surface area contributed by atoms with E-state index in [4.69, 9.17) is 5.11 Å². The molecular weight excluding hydrogens is 180 g/mol. The molecule has 0 saturated carbocycles. The summed E-state index contributed by atoms with van der Waals surface area (Å²) in [6.45, 7) is 8.12. The molecule has 4 heteroatoms. The molecule has 0 bridgehead atoms. The van der Waals surface area contributed by atoms with Gasteiger partial charge in [-0.15, -0.1) is 0 Å². The molecule has 1 N–H and O–H groups in total. The number of allylic oxidation sites excluding steroid dienone is 2. The minimum absolute atomic E-state index is 0.241. The second-order valence-corrected chi connectivity index (χ2v) is 2.81. The van der Waals surface area contributed by atoms with Crippen LogP contribution < -0.4 is 4.57 Å². The van der Waals surface area contributed by atoms with Crippen LogP contribution in [0.25, 0.3) is 0 Å². The summed E-state index contributed by atoms with van der Waals surface area (Å²) in [5, 5.41) is 8.98. The third kappa shape index (κ3) is 1.90. The number of nitrogens with zero attached hydrogens (tertiary/aromatic N) is 2. The van der Waals surface area contributed by atoms with Crippen molar-refractivity contribution in [3.63, 3.8) is 0 Å². The summed E-state index contributed by atoms with van der Waals surface area (Å²) in [7, 11) is 0. The van der Waals surface area contributed by atoms with Gasteiger partial charge in [0.05, 0.1) is 0 Å². The minimum Gasteiger partial charge on any atom is -0.472 e. The van der Waals surface area contributed by atoms with Gasteiger partial charge in [0.1, 0.15) is 25.5 Å². The maximum absolute atomic E-state index is 10.9. The number of aromatic nitrogens is 2. The highest BCUT2D eigenvalue weighted by molar-refractivity contribution is 5.81. The van der Waals surface area contributed by atoms with Crippen LogP contribution in [0.1, 0.15) is 10.6 Å². The molecule has 14 heavy (non-hydrogen) atoms. The monoisotopic (exact) mass is 193 g/mol. The number of carbonyl (C=O) groups is 1. The predicted octanol–water partition coefficient (Wildman–Crippen LogP) is 0.846. The lowest BCUT2D eigenvalue weighted by Gasteiger charge is -1.96. The van der Waals surface area contributed by atoms with Gasteiger partial charge in [0, 0.05) is 0 Å². The number of hydrogen-bond acceptors (Lipinski definition) is 1. The zero-order valence-corrected chi connectivity index (χ0v) is 7.89. The Balaban J connectivity index is 3.12. The Labute approximate surface area is 82.4 Å². The van der Waals surface area contributed by atoms with Gasteiger partial charge in [0.2, 0.25) is 0 Å². The molecule has 0 spiro atoms. The molecule has 0 radical (unpaired) electrons. The number of carboxylic acids is 1. The Kier molecular flexibility index (Phi) is 3.23. The lowest BCUT2D eigenvalue weighted by molar-refractivity contribution is -0.688. The fourth-order valence-corrected chi connectivity index (χ4v) is 1.29. The normalized spacial score (nSPS) is 9.71. The first-order valence-corrected chi connectivity index (χ1v) is 4.24. The molecule has 0 aliphatic rings. The predicted molar refractivity (Wildman–Crippen MR) is 52.0 cm³/mol.